The van der Waals surface area contributed by atoms with Crippen LogP contribution in [0.4, 0.5) is 10.1 Å². The lowest BCUT2D eigenvalue weighted by atomic mass is 10.2. The van der Waals surface area contributed by atoms with E-state index in [0.29, 0.717) is 34.3 Å². The lowest BCUT2D eigenvalue weighted by Gasteiger charge is -2.11. The number of benzene rings is 3. The molecule has 0 bridgehead atoms. The minimum absolute atomic E-state index is 0.130. The van der Waals surface area contributed by atoms with Crippen molar-refractivity contribution in [2.45, 2.75) is 18.1 Å². The van der Waals surface area contributed by atoms with Crippen LogP contribution in [0.25, 0.3) is 16.7 Å². The fraction of sp³-hybridized carbons (Fsp3) is 0.120. The molecule has 5 rings (SSSR count). The van der Waals surface area contributed by atoms with Crippen LogP contribution in [0.5, 0.6) is 0 Å². The van der Waals surface area contributed by atoms with Gasteiger partial charge in [0.2, 0.25) is 11.7 Å². The lowest BCUT2D eigenvalue weighted by molar-refractivity contribution is -0.115. The van der Waals surface area contributed by atoms with Gasteiger partial charge in [-0.15, -0.1) is 10.2 Å². The first kappa shape index (κ1) is 21.8. The molecule has 0 saturated carbocycles. The molecule has 0 atom stereocenters. The first-order valence-corrected chi connectivity index (χ1v) is 11.7. The van der Waals surface area contributed by atoms with Crippen LogP contribution in [0.1, 0.15) is 12.0 Å². The van der Waals surface area contributed by atoms with Crippen LogP contribution in [0.3, 0.4) is 0 Å². The zero-order chi connectivity index (χ0) is 23.5. The number of rotatable bonds is 7. The number of hydrogen-bond acceptors (Lipinski definition) is 5. The Bertz CT molecular complexity index is 1530. The van der Waals surface area contributed by atoms with Crippen molar-refractivity contribution in [2.75, 3.05) is 11.1 Å². The Kier molecular flexibility index (Phi) is 6.09. The first-order chi connectivity index (χ1) is 16.6. The molecule has 0 spiro atoms. The average Bonchev–Trinajstić information content (AvgIpc) is 3.28. The molecule has 34 heavy (non-hydrogen) atoms. The summed E-state index contributed by atoms with van der Waals surface area (Å²) in [5.74, 6) is 0.370. The molecule has 170 valence electrons. The van der Waals surface area contributed by atoms with E-state index in [1.165, 1.54) is 36.0 Å². The molecule has 2 aromatic heterocycles. The molecule has 2 heterocycles. The van der Waals surface area contributed by atoms with Crippen molar-refractivity contribution in [3.8, 4) is 0 Å². The highest BCUT2D eigenvalue weighted by Crippen LogP contribution is 2.23. The number of fused-ring (bicyclic) bond motifs is 3. The first-order valence-electron chi connectivity index (χ1n) is 10.7. The number of aromatic nitrogens is 4. The fourth-order valence-corrected chi connectivity index (χ4v) is 4.60. The molecule has 0 aliphatic rings. The Morgan fingerprint density at radius 3 is 2.47 bits per heavy atom. The van der Waals surface area contributed by atoms with E-state index in [9.17, 15) is 14.0 Å². The molecule has 0 aliphatic carbocycles. The van der Waals surface area contributed by atoms with E-state index in [0.717, 1.165) is 11.1 Å². The Hall–Kier alpha value is -3.98. The lowest BCUT2D eigenvalue weighted by Crippen LogP contribution is -2.24. The summed E-state index contributed by atoms with van der Waals surface area (Å²) in [6.07, 6.45) is 0.235. The Balaban J connectivity index is 1.41. The highest BCUT2D eigenvalue weighted by Gasteiger charge is 2.17. The standard InChI is InChI=1S/C25H20FN5O2S/c26-18-10-12-19(13-11-18)27-22(32)14-15-34-25-29-28-24-30(16-17-6-2-1-3-7-17)23(33)20-8-4-5-9-21(20)31(24)25/h1-13H,14-16H2,(H,27,32). The van der Waals surface area contributed by atoms with Crippen LogP contribution >= 0.6 is 11.8 Å². The minimum atomic E-state index is -0.356. The second-order valence-corrected chi connectivity index (χ2v) is 8.73. The normalized spacial score (nSPS) is 11.2. The Morgan fingerprint density at radius 1 is 0.941 bits per heavy atom. The molecule has 5 aromatic rings. The largest absolute Gasteiger partial charge is 0.326 e. The zero-order valence-electron chi connectivity index (χ0n) is 18.0. The van der Waals surface area contributed by atoms with Crippen LogP contribution in [0.2, 0.25) is 0 Å². The van der Waals surface area contributed by atoms with Gasteiger partial charge >= 0.3 is 0 Å². The zero-order valence-corrected chi connectivity index (χ0v) is 18.8. The topological polar surface area (TPSA) is 81.3 Å². The number of halogens is 1. The summed E-state index contributed by atoms with van der Waals surface area (Å²) in [6, 6.07) is 22.7. The van der Waals surface area contributed by atoms with Crippen molar-refractivity contribution in [1.29, 1.82) is 0 Å². The molecule has 0 fully saturated rings. The van der Waals surface area contributed by atoms with Crippen molar-refractivity contribution >= 4 is 40.0 Å². The smallest absolute Gasteiger partial charge is 0.263 e. The van der Waals surface area contributed by atoms with Crippen molar-refractivity contribution < 1.29 is 9.18 Å². The third-order valence-electron chi connectivity index (χ3n) is 5.35. The molecule has 9 heteroatoms. The van der Waals surface area contributed by atoms with Gasteiger partial charge in [-0.3, -0.25) is 18.6 Å². The van der Waals surface area contributed by atoms with Crippen LogP contribution in [-0.4, -0.2) is 30.8 Å². The molecule has 3 aromatic carbocycles. The molecule has 7 nitrogen and oxygen atoms in total. The molecular formula is C25H20FN5O2S. The van der Waals surface area contributed by atoms with Gasteiger partial charge in [0, 0.05) is 17.9 Å². The van der Waals surface area contributed by atoms with E-state index < -0.39 is 0 Å². The second kappa shape index (κ2) is 9.48. The molecule has 0 saturated heterocycles. The van der Waals surface area contributed by atoms with Gasteiger partial charge in [0.15, 0.2) is 5.16 Å². The molecule has 0 unspecified atom stereocenters. The number of nitrogens with zero attached hydrogens (tertiary/aromatic N) is 4. The summed E-state index contributed by atoms with van der Waals surface area (Å²) in [6.45, 7) is 0.372. The number of para-hydroxylation sites is 1. The monoisotopic (exact) mass is 473 g/mol. The Labute approximate surface area is 198 Å². The number of amides is 1. The van der Waals surface area contributed by atoms with E-state index >= 15 is 0 Å². The summed E-state index contributed by atoms with van der Waals surface area (Å²) in [7, 11) is 0. The van der Waals surface area contributed by atoms with E-state index in [1.807, 2.05) is 52.9 Å². The number of carbonyl (C=O) groups is 1. The van der Waals surface area contributed by atoms with Gasteiger partial charge < -0.3 is 5.32 Å². The predicted octanol–water partition coefficient (Wildman–Crippen LogP) is 4.35. The summed E-state index contributed by atoms with van der Waals surface area (Å²) in [5.41, 5.74) is 2.11. The molecule has 0 aliphatic heterocycles. The number of nitrogens with one attached hydrogen (secondary N) is 1. The van der Waals surface area contributed by atoms with Gasteiger partial charge in [-0.1, -0.05) is 54.2 Å². The van der Waals surface area contributed by atoms with Gasteiger partial charge in [0.1, 0.15) is 5.82 Å². The van der Waals surface area contributed by atoms with E-state index in [4.69, 9.17) is 0 Å². The van der Waals surface area contributed by atoms with E-state index in [1.54, 1.807) is 10.6 Å². The van der Waals surface area contributed by atoms with Crippen molar-refractivity contribution in [3.05, 3.63) is 101 Å². The highest BCUT2D eigenvalue weighted by atomic mass is 32.2. The third-order valence-corrected chi connectivity index (χ3v) is 6.28. The maximum absolute atomic E-state index is 13.3. The number of hydrogen-bond donors (Lipinski definition) is 1. The van der Waals surface area contributed by atoms with Crippen LogP contribution in [0.15, 0.2) is 88.8 Å². The third kappa shape index (κ3) is 4.42. The van der Waals surface area contributed by atoms with Gasteiger partial charge in [0.05, 0.1) is 17.4 Å². The van der Waals surface area contributed by atoms with Crippen molar-refractivity contribution in [2.24, 2.45) is 0 Å². The van der Waals surface area contributed by atoms with Crippen molar-refractivity contribution in [3.63, 3.8) is 0 Å². The molecular weight excluding hydrogens is 453 g/mol. The van der Waals surface area contributed by atoms with E-state index in [2.05, 4.69) is 15.5 Å². The van der Waals surface area contributed by atoms with Crippen LogP contribution in [0, 0.1) is 5.82 Å². The molecule has 1 N–H and O–H groups in total. The summed E-state index contributed by atoms with van der Waals surface area (Å²) in [4.78, 5) is 25.6. The van der Waals surface area contributed by atoms with Gasteiger partial charge in [-0.05, 0) is 42.0 Å². The minimum Gasteiger partial charge on any atom is -0.326 e. The van der Waals surface area contributed by atoms with Gasteiger partial charge in [-0.2, -0.15) is 0 Å². The summed E-state index contributed by atoms with van der Waals surface area (Å²) in [5, 5.41) is 12.6. The average molecular weight is 474 g/mol. The maximum Gasteiger partial charge on any atom is 0.263 e. The summed E-state index contributed by atoms with van der Waals surface area (Å²) >= 11 is 1.39. The maximum atomic E-state index is 13.3. The fourth-order valence-electron chi connectivity index (χ4n) is 3.73. The van der Waals surface area contributed by atoms with Crippen molar-refractivity contribution in [1.82, 2.24) is 19.2 Å². The predicted molar refractivity (Wildman–Crippen MR) is 131 cm³/mol. The van der Waals surface area contributed by atoms with Crippen LogP contribution in [-0.2, 0) is 11.3 Å². The van der Waals surface area contributed by atoms with Gasteiger partial charge in [0.25, 0.3) is 5.56 Å². The summed E-state index contributed by atoms with van der Waals surface area (Å²) < 4.78 is 16.5. The van der Waals surface area contributed by atoms with E-state index in [-0.39, 0.29) is 23.7 Å². The number of thioether (sulfide) groups is 1. The second-order valence-electron chi connectivity index (χ2n) is 7.67. The SMILES string of the molecule is O=C(CCSc1nnc2n(Cc3ccccc3)c(=O)c3ccccc3n12)Nc1ccc(F)cc1. The molecule has 0 radical (unpaired) electrons. The quantitative estimate of drug-likeness (QED) is 0.356. The highest BCUT2D eigenvalue weighted by molar-refractivity contribution is 7.99. The van der Waals surface area contributed by atoms with Crippen LogP contribution < -0.4 is 10.9 Å². The Morgan fingerprint density at radius 2 is 1.68 bits per heavy atom. The number of carbonyl (C=O) groups excluding carboxylic acids is 1. The number of anilines is 1. The molecule has 1 amide bonds. The van der Waals surface area contributed by atoms with Gasteiger partial charge in [-0.25, -0.2) is 4.39 Å².